The fraction of sp³-hybridized carbons (Fsp3) is 0.200. The number of hydrogen-bond acceptors (Lipinski definition) is 1. The van der Waals surface area contributed by atoms with Crippen LogP contribution in [0.15, 0.2) is 42.5 Å². The van der Waals surface area contributed by atoms with E-state index in [1.165, 1.54) is 12.1 Å². The van der Waals surface area contributed by atoms with Crippen LogP contribution in [0.4, 0.5) is 22.0 Å². The van der Waals surface area contributed by atoms with Gasteiger partial charge in [-0.2, -0.15) is 13.2 Å². The second-order valence-corrected chi connectivity index (χ2v) is 4.77. The molecule has 0 saturated heterocycles. The van der Waals surface area contributed by atoms with Crippen LogP contribution in [0.1, 0.15) is 23.6 Å². The third kappa shape index (κ3) is 3.05. The van der Waals surface area contributed by atoms with Gasteiger partial charge in [0.25, 0.3) is 0 Å². The molecule has 2 rings (SSSR count). The Balaban J connectivity index is 2.64. The van der Waals surface area contributed by atoms with Crippen LogP contribution in [0.3, 0.4) is 0 Å². The maximum Gasteiger partial charge on any atom is 0.416 e. The first-order valence-electron chi connectivity index (χ1n) is 5.98. The van der Waals surface area contributed by atoms with E-state index in [-0.39, 0.29) is 5.56 Å². The van der Waals surface area contributed by atoms with Crippen molar-refractivity contribution in [2.75, 3.05) is 0 Å². The van der Waals surface area contributed by atoms with E-state index in [9.17, 15) is 27.1 Å². The topological polar surface area (TPSA) is 20.2 Å². The number of benzene rings is 2. The lowest BCUT2D eigenvalue weighted by Gasteiger charge is -2.27. The Hall–Kier alpha value is -1.95. The number of rotatable bonds is 2. The molecule has 1 N–H and O–H groups in total. The van der Waals surface area contributed by atoms with E-state index < -0.39 is 34.5 Å². The molecule has 0 spiro atoms. The monoisotopic (exact) mass is 302 g/mol. The van der Waals surface area contributed by atoms with Crippen molar-refractivity contribution >= 4 is 0 Å². The van der Waals surface area contributed by atoms with E-state index in [0.29, 0.717) is 6.07 Å². The average molecular weight is 302 g/mol. The van der Waals surface area contributed by atoms with E-state index >= 15 is 0 Å². The molecule has 0 fully saturated rings. The first-order valence-corrected chi connectivity index (χ1v) is 5.98. The summed E-state index contributed by atoms with van der Waals surface area (Å²) < 4.78 is 65.5. The highest BCUT2D eigenvalue weighted by Crippen LogP contribution is 2.39. The van der Waals surface area contributed by atoms with Gasteiger partial charge in [-0.15, -0.1) is 0 Å². The van der Waals surface area contributed by atoms with Gasteiger partial charge in [-0.1, -0.05) is 18.2 Å². The van der Waals surface area contributed by atoms with Gasteiger partial charge in [-0.3, -0.25) is 0 Å². The minimum absolute atomic E-state index is 0.295. The first kappa shape index (κ1) is 15.4. The highest BCUT2D eigenvalue weighted by Gasteiger charge is 2.39. The summed E-state index contributed by atoms with van der Waals surface area (Å²) in [6, 6.07) is 6.55. The van der Waals surface area contributed by atoms with Crippen LogP contribution in [0.5, 0.6) is 0 Å². The number of alkyl halides is 3. The number of hydrogen-bond donors (Lipinski definition) is 1. The summed E-state index contributed by atoms with van der Waals surface area (Å²) in [7, 11) is 0. The van der Waals surface area contributed by atoms with Crippen molar-refractivity contribution in [1.29, 1.82) is 0 Å². The van der Waals surface area contributed by atoms with Gasteiger partial charge in [0.1, 0.15) is 17.2 Å². The summed E-state index contributed by atoms with van der Waals surface area (Å²) >= 11 is 0. The highest BCUT2D eigenvalue weighted by molar-refractivity contribution is 5.41. The molecule has 6 heteroatoms. The van der Waals surface area contributed by atoms with Crippen LogP contribution >= 0.6 is 0 Å². The van der Waals surface area contributed by atoms with E-state index in [4.69, 9.17) is 0 Å². The van der Waals surface area contributed by atoms with Gasteiger partial charge in [0.05, 0.1) is 5.56 Å². The average Bonchev–Trinajstić information content (AvgIpc) is 2.36. The fourth-order valence-corrected chi connectivity index (χ4v) is 2.15. The molecular weight excluding hydrogens is 291 g/mol. The largest absolute Gasteiger partial charge is 0.416 e. The molecule has 1 unspecified atom stereocenters. The van der Waals surface area contributed by atoms with E-state index in [2.05, 4.69) is 0 Å². The number of halogens is 5. The molecule has 0 aliphatic heterocycles. The third-order valence-corrected chi connectivity index (χ3v) is 3.18. The van der Waals surface area contributed by atoms with Crippen LogP contribution in [0.25, 0.3) is 0 Å². The molecule has 0 radical (unpaired) electrons. The zero-order chi connectivity index (χ0) is 15.8. The van der Waals surface area contributed by atoms with Crippen molar-refractivity contribution in [3.8, 4) is 0 Å². The molecule has 0 heterocycles. The molecule has 0 bridgehead atoms. The molecule has 0 aliphatic carbocycles. The predicted octanol–water partition coefficient (Wildman–Crippen LogP) is 4.24. The van der Waals surface area contributed by atoms with Gasteiger partial charge in [-0.25, -0.2) is 8.78 Å². The summed E-state index contributed by atoms with van der Waals surface area (Å²) in [5.41, 5.74) is -4.01. The summed E-state index contributed by atoms with van der Waals surface area (Å²) in [5.74, 6) is -1.95. The molecule has 2 aromatic carbocycles. The summed E-state index contributed by atoms with van der Waals surface area (Å²) in [4.78, 5) is 0. The summed E-state index contributed by atoms with van der Waals surface area (Å²) in [6.45, 7) is 1.06. The minimum atomic E-state index is -4.69. The van der Waals surface area contributed by atoms with E-state index in [1.807, 2.05) is 0 Å². The fourth-order valence-electron chi connectivity index (χ4n) is 2.15. The second-order valence-electron chi connectivity index (χ2n) is 4.77. The lowest BCUT2D eigenvalue weighted by atomic mass is 9.85. The highest BCUT2D eigenvalue weighted by atomic mass is 19.4. The standard InChI is InChI=1S/C15H11F5O/c1-14(21,9-6-10(16)8-11(17)7-9)12-4-2-3-5-13(12)15(18,19)20/h2-8,21H,1H3. The SMILES string of the molecule is CC(O)(c1cc(F)cc(F)c1)c1ccccc1C(F)(F)F. The van der Waals surface area contributed by atoms with Crippen molar-refractivity contribution in [2.45, 2.75) is 18.7 Å². The second kappa shape index (κ2) is 5.11. The molecule has 1 nitrogen and oxygen atoms in total. The van der Waals surface area contributed by atoms with Gasteiger partial charge in [0, 0.05) is 6.07 Å². The Labute approximate surface area is 117 Å². The Morgan fingerprint density at radius 1 is 0.857 bits per heavy atom. The van der Waals surface area contributed by atoms with Gasteiger partial charge in [0.15, 0.2) is 0 Å². The Morgan fingerprint density at radius 2 is 1.33 bits per heavy atom. The van der Waals surface area contributed by atoms with E-state index in [1.54, 1.807) is 0 Å². The molecule has 0 saturated carbocycles. The van der Waals surface area contributed by atoms with Crippen molar-refractivity contribution in [3.05, 3.63) is 70.8 Å². The summed E-state index contributed by atoms with van der Waals surface area (Å²) in [6.07, 6.45) is -4.69. The third-order valence-electron chi connectivity index (χ3n) is 3.18. The first-order chi connectivity index (χ1) is 9.62. The van der Waals surface area contributed by atoms with Gasteiger partial charge < -0.3 is 5.11 Å². The molecular formula is C15H11F5O. The van der Waals surface area contributed by atoms with Crippen molar-refractivity contribution < 1.29 is 27.1 Å². The lowest BCUT2D eigenvalue weighted by molar-refractivity contribution is -0.139. The smallest absolute Gasteiger partial charge is 0.381 e. The van der Waals surface area contributed by atoms with Crippen LogP contribution < -0.4 is 0 Å². The van der Waals surface area contributed by atoms with Gasteiger partial charge in [0.2, 0.25) is 0 Å². The Morgan fingerprint density at radius 3 is 1.81 bits per heavy atom. The lowest BCUT2D eigenvalue weighted by Crippen LogP contribution is -2.27. The molecule has 1 atom stereocenters. The Kier molecular flexibility index (Phi) is 3.76. The zero-order valence-electron chi connectivity index (χ0n) is 10.9. The molecule has 21 heavy (non-hydrogen) atoms. The van der Waals surface area contributed by atoms with Gasteiger partial charge in [-0.05, 0) is 36.2 Å². The quantitative estimate of drug-likeness (QED) is 0.823. The molecule has 0 amide bonds. The molecule has 2 aromatic rings. The van der Waals surface area contributed by atoms with E-state index in [0.717, 1.165) is 31.2 Å². The maximum atomic E-state index is 13.2. The summed E-state index contributed by atoms with van der Waals surface area (Å²) in [5, 5.41) is 10.4. The van der Waals surface area contributed by atoms with Gasteiger partial charge >= 0.3 is 6.18 Å². The predicted molar refractivity (Wildman–Crippen MR) is 66.5 cm³/mol. The molecule has 112 valence electrons. The molecule has 0 aliphatic rings. The van der Waals surface area contributed by atoms with Crippen LogP contribution in [0.2, 0.25) is 0 Å². The minimum Gasteiger partial charge on any atom is -0.381 e. The van der Waals surface area contributed by atoms with Crippen molar-refractivity contribution in [1.82, 2.24) is 0 Å². The number of aliphatic hydroxyl groups is 1. The van der Waals surface area contributed by atoms with Crippen LogP contribution in [-0.4, -0.2) is 5.11 Å². The zero-order valence-corrected chi connectivity index (χ0v) is 10.9. The van der Waals surface area contributed by atoms with Crippen LogP contribution in [0, 0.1) is 11.6 Å². The van der Waals surface area contributed by atoms with Crippen molar-refractivity contribution in [2.24, 2.45) is 0 Å². The maximum absolute atomic E-state index is 13.2. The molecule has 0 aromatic heterocycles. The van der Waals surface area contributed by atoms with Crippen molar-refractivity contribution in [3.63, 3.8) is 0 Å². The Bertz CT molecular complexity index is 641. The normalized spacial score (nSPS) is 14.8. The van der Waals surface area contributed by atoms with Crippen LogP contribution in [-0.2, 0) is 11.8 Å².